The van der Waals surface area contributed by atoms with Gasteiger partial charge in [0.2, 0.25) is 0 Å². The number of imidazole rings is 1. The minimum absolute atomic E-state index is 0.0334. The molecule has 7 nitrogen and oxygen atoms in total. The summed E-state index contributed by atoms with van der Waals surface area (Å²) >= 11 is 0. The van der Waals surface area contributed by atoms with Crippen molar-refractivity contribution in [3.63, 3.8) is 0 Å². The summed E-state index contributed by atoms with van der Waals surface area (Å²) in [5.74, 6) is -0.259. The summed E-state index contributed by atoms with van der Waals surface area (Å²) in [5, 5.41) is 4.56. The van der Waals surface area contributed by atoms with Gasteiger partial charge in [0, 0.05) is 60.8 Å². The van der Waals surface area contributed by atoms with E-state index in [2.05, 4.69) is 20.1 Å². The number of hydrogen-bond acceptors (Lipinski definition) is 4. The van der Waals surface area contributed by atoms with Crippen LogP contribution in [-0.2, 0) is 26.1 Å². The molecule has 1 aliphatic heterocycles. The fourth-order valence-corrected chi connectivity index (χ4v) is 5.21. The fraction of sp³-hybridized carbons (Fsp3) is 0.214. The Balaban J connectivity index is 1.53. The average molecular weight is 517 g/mol. The largest absolute Gasteiger partial charge is 0.435 e. The van der Waals surface area contributed by atoms with Crippen LogP contribution in [0.2, 0.25) is 0 Å². The number of rotatable bonds is 4. The van der Waals surface area contributed by atoms with Crippen LogP contribution in [0.3, 0.4) is 0 Å². The third-order valence-corrected chi connectivity index (χ3v) is 6.87. The van der Waals surface area contributed by atoms with Gasteiger partial charge in [-0.3, -0.25) is 14.5 Å². The number of pyridine rings is 1. The standard InChI is InChI=1S/C28H23F3N6O/c1-16-3-4-24-22(9-16)25(5-7-33-24)37-8-6-19-20(23-14-36(2)35-26(23)28(29,30)31)11-17(12-21(19)27(37)38)10-18-13-32-15-34-18/h3-5,7,9,11-15H,6,8,10H2,1-2H3,(H,32,34). The Hall–Kier alpha value is -4.47. The van der Waals surface area contributed by atoms with Crippen molar-refractivity contribution in [1.29, 1.82) is 0 Å². The number of amides is 1. The summed E-state index contributed by atoms with van der Waals surface area (Å²) in [6, 6.07) is 11.2. The van der Waals surface area contributed by atoms with Crippen molar-refractivity contribution in [3.05, 3.63) is 95.0 Å². The molecule has 0 radical (unpaired) electrons. The van der Waals surface area contributed by atoms with Crippen LogP contribution in [0, 0.1) is 6.92 Å². The minimum atomic E-state index is -4.64. The van der Waals surface area contributed by atoms with Crippen LogP contribution in [-0.4, -0.2) is 37.2 Å². The molecule has 6 rings (SSSR count). The van der Waals surface area contributed by atoms with Crippen LogP contribution in [0.4, 0.5) is 18.9 Å². The molecule has 1 amide bonds. The SMILES string of the molecule is Cc1ccc2nccc(N3CCc4c(cc(Cc5cnc[nH]5)cc4-c4cn(C)nc4C(F)(F)F)C3=O)c2c1. The van der Waals surface area contributed by atoms with E-state index in [0.717, 1.165) is 32.5 Å². The molecule has 2 aromatic carbocycles. The maximum atomic E-state index is 14.0. The highest BCUT2D eigenvalue weighted by atomic mass is 19.4. The molecule has 0 unspecified atom stereocenters. The fourth-order valence-electron chi connectivity index (χ4n) is 5.21. The Bertz CT molecular complexity index is 1690. The van der Waals surface area contributed by atoms with Crippen molar-refractivity contribution in [2.75, 3.05) is 11.4 Å². The second-order valence-corrected chi connectivity index (χ2v) is 9.54. The Kier molecular flexibility index (Phi) is 5.55. The number of halogens is 3. The van der Waals surface area contributed by atoms with Gasteiger partial charge in [-0.2, -0.15) is 18.3 Å². The molecule has 4 heterocycles. The quantitative estimate of drug-likeness (QED) is 0.343. The van der Waals surface area contributed by atoms with Crippen LogP contribution >= 0.6 is 0 Å². The average Bonchev–Trinajstić information content (AvgIpc) is 3.53. The second kappa shape index (κ2) is 8.83. The van der Waals surface area contributed by atoms with E-state index >= 15 is 0 Å². The summed E-state index contributed by atoms with van der Waals surface area (Å²) in [4.78, 5) is 27.2. The van der Waals surface area contributed by atoms with Gasteiger partial charge in [0.05, 0.1) is 17.5 Å². The maximum Gasteiger partial charge on any atom is 0.435 e. The molecule has 0 saturated carbocycles. The molecule has 0 fully saturated rings. The Morgan fingerprint density at radius 2 is 1.89 bits per heavy atom. The van der Waals surface area contributed by atoms with E-state index in [0.29, 0.717) is 41.6 Å². The Morgan fingerprint density at radius 3 is 2.66 bits per heavy atom. The van der Waals surface area contributed by atoms with Crippen LogP contribution in [0.1, 0.15) is 38.4 Å². The molecule has 0 spiro atoms. The molecule has 0 atom stereocenters. The van der Waals surface area contributed by atoms with Crippen molar-refractivity contribution in [1.82, 2.24) is 24.7 Å². The van der Waals surface area contributed by atoms with E-state index in [1.165, 1.54) is 13.2 Å². The number of carbonyl (C=O) groups is 1. The van der Waals surface area contributed by atoms with Crippen LogP contribution < -0.4 is 4.90 Å². The summed E-state index contributed by atoms with van der Waals surface area (Å²) in [7, 11) is 1.46. The topological polar surface area (TPSA) is 79.7 Å². The molecule has 38 heavy (non-hydrogen) atoms. The predicted octanol–water partition coefficient (Wildman–Crippen LogP) is 5.48. The lowest BCUT2D eigenvalue weighted by atomic mass is 9.87. The Morgan fingerprint density at radius 1 is 1.08 bits per heavy atom. The number of fused-ring (bicyclic) bond motifs is 2. The monoisotopic (exact) mass is 516 g/mol. The van der Waals surface area contributed by atoms with E-state index in [9.17, 15) is 18.0 Å². The molecule has 0 bridgehead atoms. The number of alkyl halides is 3. The molecule has 0 saturated heterocycles. The minimum Gasteiger partial charge on any atom is -0.348 e. The van der Waals surface area contributed by atoms with E-state index in [-0.39, 0.29) is 11.5 Å². The molecule has 10 heteroatoms. The van der Waals surface area contributed by atoms with Crippen LogP contribution in [0.15, 0.2) is 61.3 Å². The van der Waals surface area contributed by atoms with Gasteiger partial charge < -0.3 is 9.88 Å². The predicted molar refractivity (Wildman–Crippen MR) is 137 cm³/mol. The number of carbonyl (C=O) groups excluding carboxylic acids is 1. The number of aromatic nitrogens is 5. The van der Waals surface area contributed by atoms with Gasteiger partial charge in [-0.1, -0.05) is 17.7 Å². The van der Waals surface area contributed by atoms with E-state index < -0.39 is 11.9 Å². The van der Waals surface area contributed by atoms with Gasteiger partial charge in [-0.15, -0.1) is 0 Å². The number of nitrogens with one attached hydrogen (secondary N) is 1. The van der Waals surface area contributed by atoms with Crippen molar-refractivity contribution in [2.45, 2.75) is 25.9 Å². The van der Waals surface area contributed by atoms with Crippen molar-refractivity contribution in [3.8, 4) is 11.1 Å². The smallest absolute Gasteiger partial charge is 0.348 e. The molecular formula is C28H23F3N6O. The highest BCUT2D eigenvalue weighted by Crippen LogP contribution is 2.41. The van der Waals surface area contributed by atoms with E-state index in [1.54, 1.807) is 35.8 Å². The molecular weight excluding hydrogens is 493 g/mol. The number of H-pyrrole nitrogens is 1. The van der Waals surface area contributed by atoms with Gasteiger partial charge in [0.25, 0.3) is 5.91 Å². The Labute approximate surface area is 216 Å². The van der Waals surface area contributed by atoms with Crippen LogP contribution in [0.25, 0.3) is 22.0 Å². The first-order chi connectivity index (χ1) is 18.2. The van der Waals surface area contributed by atoms with Crippen molar-refractivity contribution >= 4 is 22.5 Å². The summed E-state index contributed by atoms with van der Waals surface area (Å²) < 4.78 is 43.0. The maximum absolute atomic E-state index is 14.0. The third kappa shape index (κ3) is 4.11. The zero-order chi connectivity index (χ0) is 26.6. The van der Waals surface area contributed by atoms with Crippen LogP contribution in [0.5, 0.6) is 0 Å². The summed E-state index contributed by atoms with van der Waals surface area (Å²) in [6.07, 6.45) is 2.37. The first kappa shape index (κ1) is 23.9. The number of aryl methyl sites for hydroxylation is 2. The number of nitrogens with zero attached hydrogens (tertiary/aromatic N) is 5. The van der Waals surface area contributed by atoms with Crippen molar-refractivity contribution < 1.29 is 18.0 Å². The van der Waals surface area contributed by atoms with E-state index in [4.69, 9.17) is 0 Å². The lowest BCUT2D eigenvalue weighted by Crippen LogP contribution is -2.38. The summed E-state index contributed by atoms with van der Waals surface area (Å²) in [6.45, 7) is 2.30. The third-order valence-electron chi connectivity index (χ3n) is 6.87. The summed E-state index contributed by atoms with van der Waals surface area (Å²) in [5.41, 5.74) is 4.38. The van der Waals surface area contributed by atoms with Crippen molar-refractivity contribution in [2.24, 2.45) is 7.05 Å². The first-order valence-corrected chi connectivity index (χ1v) is 12.1. The number of benzene rings is 2. The van der Waals surface area contributed by atoms with Gasteiger partial charge in [0.1, 0.15) is 0 Å². The van der Waals surface area contributed by atoms with Gasteiger partial charge in [0.15, 0.2) is 5.69 Å². The normalized spacial score (nSPS) is 13.8. The number of hydrogen-bond donors (Lipinski definition) is 1. The molecule has 5 aromatic rings. The molecule has 3 aromatic heterocycles. The van der Waals surface area contributed by atoms with Gasteiger partial charge >= 0.3 is 6.18 Å². The number of anilines is 1. The molecule has 192 valence electrons. The first-order valence-electron chi connectivity index (χ1n) is 12.1. The molecule has 1 N–H and O–H groups in total. The zero-order valence-electron chi connectivity index (χ0n) is 20.7. The highest BCUT2D eigenvalue weighted by molar-refractivity contribution is 6.13. The zero-order valence-corrected chi connectivity index (χ0v) is 20.7. The molecule has 1 aliphatic rings. The van der Waals surface area contributed by atoms with Gasteiger partial charge in [-0.25, -0.2) is 4.98 Å². The lowest BCUT2D eigenvalue weighted by Gasteiger charge is -2.31. The van der Waals surface area contributed by atoms with Gasteiger partial charge in [-0.05, 0) is 54.3 Å². The lowest BCUT2D eigenvalue weighted by molar-refractivity contribution is -0.140. The highest BCUT2D eigenvalue weighted by Gasteiger charge is 2.39. The number of aromatic amines is 1. The molecule has 0 aliphatic carbocycles. The van der Waals surface area contributed by atoms with E-state index in [1.807, 2.05) is 31.2 Å². The second-order valence-electron chi connectivity index (χ2n) is 9.54.